The minimum atomic E-state index is -0.0804. The highest BCUT2D eigenvalue weighted by Crippen LogP contribution is 2.33. The molecule has 7 heteroatoms. The van der Waals surface area contributed by atoms with Crippen LogP contribution in [0.2, 0.25) is 0 Å². The first-order chi connectivity index (χ1) is 16.4. The number of anilines is 2. The van der Waals surface area contributed by atoms with Gasteiger partial charge in [-0.15, -0.1) is 0 Å². The number of hydrogen-bond acceptors (Lipinski definition) is 5. The Kier molecular flexibility index (Phi) is 5.86. The van der Waals surface area contributed by atoms with Gasteiger partial charge in [-0.3, -0.25) is 4.79 Å². The normalized spacial score (nSPS) is 13.5. The summed E-state index contributed by atoms with van der Waals surface area (Å²) < 4.78 is 2.50. The van der Waals surface area contributed by atoms with E-state index in [2.05, 4.69) is 45.8 Å². The number of nitrogens with two attached hydrogens (primary N) is 2. The molecule has 1 aliphatic rings. The average Bonchev–Trinajstić information content (AvgIpc) is 3.13. The minimum absolute atomic E-state index is 0.0804. The zero-order chi connectivity index (χ0) is 23.8. The standard InChI is InChI=1S/C27H32N6O/c1-16(2)11-12-33-23-6-4-3-5-19(23)21-14-18(8-10-24(21)33)26(34)30-15-17-7-9-20-22(13-17)31-27(29)32-25(20)28/h7-10,13-14,16H,3-6,11-12,15H2,1-2H3,(H,30,34)(H4,28,29,31,32). The van der Waals surface area contributed by atoms with Crippen molar-refractivity contribution >= 4 is 39.5 Å². The molecule has 0 bridgehead atoms. The lowest BCUT2D eigenvalue weighted by Gasteiger charge is -2.16. The Labute approximate surface area is 199 Å². The van der Waals surface area contributed by atoms with E-state index in [1.807, 2.05) is 24.3 Å². The van der Waals surface area contributed by atoms with E-state index in [4.69, 9.17) is 11.5 Å². The van der Waals surface area contributed by atoms with Crippen molar-refractivity contribution in [2.45, 2.75) is 59.0 Å². The van der Waals surface area contributed by atoms with Crippen molar-refractivity contribution in [2.75, 3.05) is 11.5 Å². The first kappa shape index (κ1) is 22.2. The Morgan fingerprint density at radius 2 is 1.88 bits per heavy atom. The first-order valence-corrected chi connectivity index (χ1v) is 12.1. The number of aryl methyl sites for hydroxylation is 2. The number of nitrogens with one attached hydrogen (secondary N) is 1. The Hall–Kier alpha value is -3.61. The van der Waals surface area contributed by atoms with Crippen molar-refractivity contribution in [3.8, 4) is 0 Å². The maximum atomic E-state index is 13.0. The molecule has 0 saturated carbocycles. The minimum Gasteiger partial charge on any atom is -0.383 e. The third-order valence-corrected chi connectivity index (χ3v) is 6.83. The highest BCUT2D eigenvalue weighted by molar-refractivity contribution is 5.99. The van der Waals surface area contributed by atoms with Gasteiger partial charge in [-0.25, -0.2) is 4.98 Å². The van der Waals surface area contributed by atoms with E-state index >= 15 is 0 Å². The number of nitrogens with zero attached hydrogens (tertiary/aromatic N) is 3. The van der Waals surface area contributed by atoms with Gasteiger partial charge in [0, 0.05) is 40.6 Å². The maximum Gasteiger partial charge on any atom is 0.251 e. The van der Waals surface area contributed by atoms with Gasteiger partial charge in [0.25, 0.3) is 5.91 Å². The smallest absolute Gasteiger partial charge is 0.251 e. The van der Waals surface area contributed by atoms with Gasteiger partial charge in [0.1, 0.15) is 5.82 Å². The Morgan fingerprint density at radius 3 is 2.71 bits per heavy atom. The topological polar surface area (TPSA) is 112 Å². The summed E-state index contributed by atoms with van der Waals surface area (Å²) in [6.45, 7) is 5.97. The molecule has 0 unspecified atom stereocenters. The van der Waals surface area contributed by atoms with Crippen molar-refractivity contribution in [3.63, 3.8) is 0 Å². The zero-order valence-corrected chi connectivity index (χ0v) is 19.9. The SMILES string of the molecule is CC(C)CCn1c2c(c3cc(C(=O)NCc4ccc5c(N)nc(N)nc5c4)ccc31)CCCC2. The number of carbonyl (C=O) groups excluding carboxylic acids is 1. The van der Waals surface area contributed by atoms with Crippen molar-refractivity contribution in [1.29, 1.82) is 0 Å². The lowest BCUT2D eigenvalue weighted by Crippen LogP contribution is -2.22. The van der Waals surface area contributed by atoms with Crippen molar-refractivity contribution in [2.24, 2.45) is 5.92 Å². The third-order valence-electron chi connectivity index (χ3n) is 6.83. The van der Waals surface area contributed by atoms with E-state index in [1.165, 1.54) is 35.0 Å². The number of benzene rings is 2. The molecule has 4 aromatic rings. The molecule has 0 atom stereocenters. The molecule has 1 aliphatic carbocycles. The summed E-state index contributed by atoms with van der Waals surface area (Å²) in [6.07, 6.45) is 5.84. The number of fused-ring (bicyclic) bond motifs is 4. The van der Waals surface area contributed by atoms with Gasteiger partial charge < -0.3 is 21.4 Å². The molecular formula is C27H32N6O. The Morgan fingerprint density at radius 1 is 1.06 bits per heavy atom. The summed E-state index contributed by atoms with van der Waals surface area (Å²) in [7, 11) is 0. The molecule has 2 aromatic heterocycles. The fourth-order valence-corrected chi connectivity index (χ4v) is 5.03. The number of nitrogen functional groups attached to an aromatic ring is 2. The predicted molar refractivity (Wildman–Crippen MR) is 138 cm³/mol. The molecule has 5 rings (SSSR count). The van der Waals surface area contributed by atoms with Crippen molar-refractivity contribution in [1.82, 2.24) is 19.9 Å². The summed E-state index contributed by atoms with van der Waals surface area (Å²) in [5, 5.41) is 5.04. The predicted octanol–water partition coefficient (Wildman–Crippen LogP) is 4.60. The molecule has 0 radical (unpaired) electrons. The summed E-state index contributed by atoms with van der Waals surface area (Å²) in [5.74, 6) is 1.08. The summed E-state index contributed by atoms with van der Waals surface area (Å²) >= 11 is 0. The van der Waals surface area contributed by atoms with Gasteiger partial charge in [0.05, 0.1) is 5.52 Å². The molecule has 0 spiro atoms. The monoisotopic (exact) mass is 456 g/mol. The maximum absolute atomic E-state index is 13.0. The van der Waals surface area contributed by atoms with Crippen LogP contribution in [0.25, 0.3) is 21.8 Å². The lowest BCUT2D eigenvalue weighted by molar-refractivity contribution is 0.0951. The van der Waals surface area contributed by atoms with Crippen LogP contribution in [0.3, 0.4) is 0 Å². The highest BCUT2D eigenvalue weighted by Gasteiger charge is 2.21. The molecule has 34 heavy (non-hydrogen) atoms. The summed E-state index contributed by atoms with van der Waals surface area (Å²) in [6, 6.07) is 11.8. The van der Waals surface area contributed by atoms with Gasteiger partial charge in [0.2, 0.25) is 5.95 Å². The Balaban J connectivity index is 1.39. The van der Waals surface area contributed by atoms with Crippen molar-refractivity contribution in [3.05, 3.63) is 58.8 Å². The number of hydrogen-bond donors (Lipinski definition) is 3. The molecule has 2 aromatic carbocycles. The van der Waals surface area contributed by atoms with Gasteiger partial charge in [0.15, 0.2) is 0 Å². The van der Waals surface area contributed by atoms with Gasteiger partial charge >= 0.3 is 0 Å². The van der Waals surface area contributed by atoms with E-state index in [9.17, 15) is 4.79 Å². The number of carbonyl (C=O) groups is 1. The summed E-state index contributed by atoms with van der Waals surface area (Å²) in [5.41, 5.74) is 18.1. The van der Waals surface area contributed by atoms with E-state index in [0.29, 0.717) is 29.4 Å². The molecule has 0 aliphatic heterocycles. The fraction of sp³-hybridized carbons (Fsp3) is 0.370. The Bertz CT molecular complexity index is 1390. The van der Waals surface area contributed by atoms with Gasteiger partial charge in [-0.2, -0.15) is 4.98 Å². The van der Waals surface area contributed by atoms with Crippen LogP contribution in [-0.4, -0.2) is 20.4 Å². The van der Waals surface area contributed by atoms with Crippen LogP contribution in [0, 0.1) is 5.92 Å². The molecule has 0 fully saturated rings. The van der Waals surface area contributed by atoms with E-state index in [1.54, 1.807) is 0 Å². The molecule has 7 nitrogen and oxygen atoms in total. The number of rotatable bonds is 6. The van der Waals surface area contributed by atoms with Crippen LogP contribution in [-0.2, 0) is 25.9 Å². The average molecular weight is 457 g/mol. The quantitative estimate of drug-likeness (QED) is 0.392. The molecule has 0 saturated heterocycles. The largest absolute Gasteiger partial charge is 0.383 e. The highest BCUT2D eigenvalue weighted by atomic mass is 16.1. The van der Waals surface area contributed by atoms with E-state index < -0.39 is 0 Å². The lowest BCUT2D eigenvalue weighted by atomic mass is 9.95. The van der Waals surface area contributed by atoms with Crippen LogP contribution in [0.5, 0.6) is 0 Å². The second-order valence-corrected chi connectivity index (χ2v) is 9.70. The van der Waals surface area contributed by atoms with Crippen LogP contribution in [0.15, 0.2) is 36.4 Å². The van der Waals surface area contributed by atoms with Gasteiger partial charge in [-0.05, 0) is 79.5 Å². The van der Waals surface area contributed by atoms with E-state index in [-0.39, 0.29) is 11.9 Å². The van der Waals surface area contributed by atoms with E-state index in [0.717, 1.165) is 36.8 Å². The zero-order valence-electron chi connectivity index (χ0n) is 19.9. The second-order valence-electron chi connectivity index (χ2n) is 9.70. The van der Waals surface area contributed by atoms with Crippen LogP contribution in [0.1, 0.15) is 60.3 Å². The second kappa shape index (κ2) is 8.97. The fourth-order valence-electron chi connectivity index (χ4n) is 5.03. The molecule has 5 N–H and O–H groups in total. The summed E-state index contributed by atoms with van der Waals surface area (Å²) in [4.78, 5) is 21.3. The van der Waals surface area contributed by atoms with Crippen LogP contribution >= 0.6 is 0 Å². The molecular weight excluding hydrogens is 424 g/mol. The van der Waals surface area contributed by atoms with Crippen LogP contribution in [0.4, 0.5) is 11.8 Å². The molecule has 2 heterocycles. The first-order valence-electron chi connectivity index (χ1n) is 12.1. The number of amides is 1. The van der Waals surface area contributed by atoms with Crippen molar-refractivity contribution < 1.29 is 4.79 Å². The number of aromatic nitrogens is 3. The molecule has 1 amide bonds. The molecule has 176 valence electrons. The van der Waals surface area contributed by atoms with Crippen LogP contribution < -0.4 is 16.8 Å². The third kappa shape index (κ3) is 4.18. The van der Waals surface area contributed by atoms with Gasteiger partial charge in [-0.1, -0.05) is 19.9 Å².